The first-order valence-corrected chi connectivity index (χ1v) is 10.3. The van der Waals surface area contributed by atoms with E-state index < -0.39 is 0 Å². The van der Waals surface area contributed by atoms with Gasteiger partial charge >= 0.3 is 0 Å². The molecule has 7 heteroatoms. The summed E-state index contributed by atoms with van der Waals surface area (Å²) in [5.41, 5.74) is 7.33. The third-order valence-corrected chi connectivity index (χ3v) is 6.08. The lowest BCUT2D eigenvalue weighted by molar-refractivity contribution is 0.487. The van der Waals surface area contributed by atoms with Crippen molar-refractivity contribution in [3.05, 3.63) is 64.9 Å². The first-order valence-electron chi connectivity index (χ1n) is 9.42. The molecule has 1 N–H and O–H groups in total. The molecular formula is C21H20FN5S. The van der Waals surface area contributed by atoms with Gasteiger partial charge in [-0.3, -0.25) is 9.67 Å². The molecule has 1 saturated heterocycles. The Morgan fingerprint density at radius 2 is 2.21 bits per heavy atom. The Morgan fingerprint density at radius 1 is 1.29 bits per heavy atom. The summed E-state index contributed by atoms with van der Waals surface area (Å²) in [5.74, 6) is -0.276. The summed E-state index contributed by atoms with van der Waals surface area (Å²) in [6.45, 7) is 3.64. The van der Waals surface area contributed by atoms with E-state index in [1.807, 2.05) is 5.51 Å². The number of thiazole rings is 1. The van der Waals surface area contributed by atoms with Gasteiger partial charge in [0.1, 0.15) is 5.82 Å². The van der Waals surface area contributed by atoms with E-state index in [1.54, 1.807) is 24.3 Å². The van der Waals surface area contributed by atoms with Crippen LogP contribution in [0.1, 0.15) is 29.5 Å². The SMILES string of the molecule is Cc1nc(Cc2nn([C@H]3CCNC3)cc2-c2ccc3ncsc3c2)ccc1F. The normalized spacial score (nSPS) is 16.9. The van der Waals surface area contributed by atoms with Crippen LogP contribution in [0, 0.1) is 12.7 Å². The number of hydrogen-bond donors (Lipinski definition) is 1. The second-order valence-electron chi connectivity index (χ2n) is 7.20. The van der Waals surface area contributed by atoms with Crippen LogP contribution in [0.2, 0.25) is 0 Å². The lowest BCUT2D eigenvalue weighted by atomic mass is 10.0. The number of pyridine rings is 1. The molecule has 1 aliphatic rings. The number of rotatable bonds is 4. The fraction of sp³-hybridized carbons (Fsp3) is 0.286. The van der Waals surface area contributed by atoms with Gasteiger partial charge in [-0.2, -0.15) is 5.10 Å². The number of nitrogens with zero attached hydrogens (tertiary/aromatic N) is 4. The van der Waals surface area contributed by atoms with Crippen LogP contribution in [0.3, 0.4) is 0 Å². The highest BCUT2D eigenvalue weighted by Crippen LogP contribution is 2.31. The van der Waals surface area contributed by atoms with Crippen molar-refractivity contribution in [2.24, 2.45) is 0 Å². The van der Waals surface area contributed by atoms with E-state index in [0.717, 1.165) is 52.2 Å². The van der Waals surface area contributed by atoms with Gasteiger partial charge in [0.15, 0.2) is 0 Å². The lowest BCUT2D eigenvalue weighted by Gasteiger charge is -2.08. The summed E-state index contributed by atoms with van der Waals surface area (Å²) in [6, 6.07) is 9.92. The molecule has 1 fully saturated rings. The molecule has 5 nitrogen and oxygen atoms in total. The molecule has 0 radical (unpaired) electrons. The Balaban J connectivity index is 1.58. The Labute approximate surface area is 166 Å². The monoisotopic (exact) mass is 393 g/mol. The molecule has 4 aromatic rings. The summed E-state index contributed by atoms with van der Waals surface area (Å²) < 4.78 is 16.9. The zero-order chi connectivity index (χ0) is 19.1. The van der Waals surface area contributed by atoms with E-state index in [2.05, 4.69) is 44.4 Å². The predicted octanol–water partition coefficient (Wildman–Crippen LogP) is 4.13. The Hall–Kier alpha value is -2.64. The average molecular weight is 393 g/mol. The quantitative estimate of drug-likeness (QED) is 0.566. The minimum Gasteiger partial charge on any atom is -0.315 e. The highest BCUT2D eigenvalue weighted by Gasteiger charge is 2.21. The third-order valence-electron chi connectivity index (χ3n) is 5.29. The van der Waals surface area contributed by atoms with Crippen LogP contribution in [0.5, 0.6) is 0 Å². The topological polar surface area (TPSA) is 55.6 Å². The van der Waals surface area contributed by atoms with Gasteiger partial charge in [-0.1, -0.05) is 6.07 Å². The van der Waals surface area contributed by atoms with Gasteiger partial charge in [0.25, 0.3) is 0 Å². The first-order chi connectivity index (χ1) is 13.7. The van der Waals surface area contributed by atoms with Crippen LogP contribution in [0.15, 0.2) is 42.0 Å². The highest BCUT2D eigenvalue weighted by atomic mass is 32.1. The predicted molar refractivity (Wildman–Crippen MR) is 109 cm³/mol. The van der Waals surface area contributed by atoms with Crippen molar-refractivity contribution in [2.75, 3.05) is 13.1 Å². The largest absolute Gasteiger partial charge is 0.315 e. The maximum atomic E-state index is 13.6. The van der Waals surface area contributed by atoms with E-state index in [0.29, 0.717) is 18.2 Å². The van der Waals surface area contributed by atoms with Crippen LogP contribution in [-0.2, 0) is 6.42 Å². The maximum Gasteiger partial charge on any atom is 0.144 e. The molecule has 1 aliphatic heterocycles. The van der Waals surface area contributed by atoms with E-state index in [4.69, 9.17) is 5.10 Å². The molecule has 5 rings (SSSR count). The molecule has 142 valence electrons. The van der Waals surface area contributed by atoms with Crippen LogP contribution in [0.25, 0.3) is 21.3 Å². The zero-order valence-electron chi connectivity index (χ0n) is 15.5. The summed E-state index contributed by atoms with van der Waals surface area (Å²) in [4.78, 5) is 8.78. The number of halogens is 1. The zero-order valence-corrected chi connectivity index (χ0v) is 16.3. The van der Waals surface area contributed by atoms with Gasteiger partial charge < -0.3 is 5.32 Å². The minimum atomic E-state index is -0.276. The molecule has 1 aromatic carbocycles. The fourth-order valence-electron chi connectivity index (χ4n) is 3.74. The van der Waals surface area contributed by atoms with Crippen molar-refractivity contribution in [3.63, 3.8) is 0 Å². The van der Waals surface area contributed by atoms with Crippen molar-refractivity contribution in [1.82, 2.24) is 25.1 Å². The molecule has 3 aromatic heterocycles. The van der Waals surface area contributed by atoms with E-state index in [9.17, 15) is 4.39 Å². The Bertz CT molecular complexity index is 1140. The van der Waals surface area contributed by atoms with Crippen molar-refractivity contribution < 1.29 is 4.39 Å². The second kappa shape index (κ2) is 7.07. The molecule has 0 unspecified atom stereocenters. The number of aromatic nitrogens is 4. The molecule has 4 heterocycles. The molecular weight excluding hydrogens is 373 g/mol. The van der Waals surface area contributed by atoms with E-state index >= 15 is 0 Å². The maximum absolute atomic E-state index is 13.6. The Morgan fingerprint density at radius 3 is 3.04 bits per heavy atom. The number of nitrogens with one attached hydrogen (secondary N) is 1. The minimum absolute atomic E-state index is 0.276. The van der Waals surface area contributed by atoms with Crippen molar-refractivity contribution in [2.45, 2.75) is 25.8 Å². The molecule has 0 bridgehead atoms. The van der Waals surface area contributed by atoms with Gasteiger partial charge in [-0.05, 0) is 49.7 Å². The van der Waals surface area contributed by atoms with Crippen LogP contribution >= 0.6 is 11.3 Å². The van der Waals surface area contributed by atoms with Crippen molar-refractivity contribution >= 4 is 21.6 Å². The molecule has 1 atom stereocenters. The summed E-state index contributed by atoms with van der Waals surface area (Å²) in [5, 5.41) is 8.32. The number of aryl methyl sites for hydroxylation is 1. The highest BCUT2D eigenvalue weighted by molar-refractivity contribution is 7.16. The number of fused-ring (bicyclic) bond motifs is 1. The average Bonchev–Trinajstić information content (AvgIpc) is 3.44. The van der Waals surface area contributed by atoms with Gasteiger partial charge in [-0.25, -0.2) is 9.37 Å². The fourth-order valence-corrected chi connectivity index (χ4v) is 4.46. The first kappa shape index (κ1) is 17.5. The van der Waals surface area contributed by atoms with Gasteiger partial charge in [0.2, 0.25) is 0 Å². The van der Waals surface area contributed by atoms with Gasteiger partial charge in [0.05, 0.1) is 33.2 Å². The number of benzene rings is 1. The number of hydrogen-bond acceptors (Lipinski definition) is 5. The standard InChI is InChI=1S/C21H20FN5S/c1-13-18(22)4-3-15(25-13)9-20-17(11-27(26-20)16-6-7-23-10-16)14-2-5-19-21(8-14)28-12-24-19/h2-5,8,11-12,16,23H,6-7,9-10H2,1H3/t16-/m0/s1. The summed E-state index contributed by atoms with van der Waals surface area (Å²) in [7, 11) is 0. The molecule has 0 spiro atoms. The van der Waals surface area contributed by atoms with Crippen molar-refractivity contribution in [3.8, 4) is 11.1 Å². The Kier molecular flexibility index (Phi) is 4.41. The van der Waals surface area contributed by atoms with Gasteiger partial charge in [-0.15, -0.1) is 11.3 Å². The summed E-state index contributed by atoms with van der Waals surface area (Å²) in [6.07, 6.45) is 3.79. The van der Waals surface area contributed by atoms with Crippen molar-refractivity contribution in [1.29, 1.82) is 0 Å². The molecule has 0 saturated carbocycles. The van der Waals surface area contributed by atoms with E-state index in [1.165, 1.54) is 6.07 Å². The van der Waals surface area contributed by atoms with Gasteiger partial charge in [0, 0.05) is 30.4 Å². The molecule has 0 aliphatic carbocycles. The van der Waals surface area contributed by atoms with Crippen LogP contribution in [-0.4, -0.2) is 32.8 Å². The smallest absolute Gasteiger partial charge is 0.144 e. The van der Waals surface area contributed by atoms with E-state index in [-0.39, 0.29) is 5.82 Å². The second-order valence-corrected chi connectivity index (χ2v) is 8.08. The molecule has 28 heavy (non-hydrogen) atoms. The molecule has 0 amide bonds. The summed E-state index contributed by atoms with van der Waals surface area (Å²) >= 11 is 1.64. The van der Waals surface area contributed by atoms with Crippen LogP contribution < -0.4 is 5.32 Å². The van der Waals surface area contributed by atoms with Crippen LogP contribution in [0.4, 0.5) is 4.39 Å². The lowest BCUT2D eigenvalue weighted by Crippen LogP contribution is -2.14. The third kappa shape index (κ3) is 3.21.